The maximum absolute atomic E-state index is 13.3. The average Bonchev–Trinajstić information content (AvgIpc) is 2.59. The van der Waals surface area contributed by atoms with Crippen LogP contribution in [0.2, 0.25) is 6.55 Å². The molecule has 0 aliphatic heterocycles. The van der Waals surface area contributed by atoms with Crippen LogP contribution >= 0.6 is 0 Å². The van der Waals surface area contributed by atoms with E-state index in [1.54, 1.807) is 0 Å². The summed E-state index contributed by atoms with van der Waals surface area (Å²) in [7, 11) is -2.38. The van der Waals surface area contributed by atoms with E-state index in [0.29, 0.717) is 5.41 Å². The second-order valence-corrected chi connectivity index (χ2v) is 10.0. The molecule has 0 heterocycles. The first kappa shape index (κ1) is 16.7. The highest BCUT2D eigenvalue weighted by Gasteiger charge is 2.41. The molecule has 0 amide bonds. The smallest absolute Gasteiger partial charge is 0.190 e. The molecule has 1 nitrogen and oxygen atoms in total. The Morgan fingerprint density at radius 1 is 1.00 bits per heavy atom. The lowest BCUT2D eigenvalue weighted by Gasteiger charge is -2.30. The molecule has 0 bridgehead atoms. The summed E-state index contributed by atoms with van der Waals surface area (Å²) in [6.07, 6.45) is 2.85. The zero-order valence-corrected chi connectivity index (χ0v) is 14.6. The predicted octanol–water partition coefficient (Wildman–Crippen LogP) is 3.63. The van der Waals surface area contributed by atoms with Gasteiger partial charge in [0.15, 0.2) is 8.07 Å². The fraction of sp³-hybridized carbons (Fsp3) is 0.300. The largest absolute Gasteiger partial charge is 0.304 e. The van der Waals surface area contributed by atoms with Crippen molar-refractivity contribution in [1.82, 2.24) is 0 Å². The van der Waals surface area contributed by atoms with Crippen LogP contribution in [0.3, 0.4) is 0 Å². The molecule has 0 fully saturated rings. The first-order chi connectivity index (χ1) is 10.6. The standard InChI is InChI=1S/C20H25OSi/c1-4-5-12-17(2)20(21)22(3,18-13-8-6-9-14-18)19-15-10-7-11-16-19/h6-11,13-17H,1,4-5,12H2,2-3H3. The third kappa shape index (κ3) is 3.38. The monoisotopic (exact) mass is 309 g/mol. The van der Waals surface area contributed by atoms with Crippen LogP contribution in [0, 0.1) is 12.8 Å². The fourth-order valence-electron chi connectivity index (χ4n) is 3.07. The summed E-state index contributed by atoms with van der Waals surface area (Å²) in [5.74, 6) is 0.0961. The van der Waals surface area contributed by atoms with Crippen molar-refractivity contribution in [1.29, 1.82) is 0 Å². The number of rotatable bonds is 7. The zero-order chi connectivity index (χ0) is 16.0. The number of hydrogen-bond donors (Lipinski definition) is 0. The van der Waals surface area contributed by atoms with E-state index >= 15 is 0 Å². The van der Waals surface area contributed by atoms with Crippen molar-refractivity contribution >= 4 is 23.9 Å². The summed E-state index contributed by atoms with van der Waals surface area (Å²) < 4.78 is 0. The van der Waals surface area contributed by atoms with E-state index in [9.17, 15) is 4.79 Å². The molecule has 2 aromatic rings. The summed E-state index contributed by atoms with van der Waals surface area (Å²) in [4.78, 5) is 13.3. The Hall–Kier alpha value is -1.67. The summed E-state index contributed by atoms with van der Waals surface area (Å²) in [5.41, 5.74) is 0. The van der Waals surface area contributed by atoms with Gasteiger partial charge in [-0.1, -0.05) is 93.9 Å². The molecule has 0 aliphatic rings. The molecule has 1 atom stereocenters. The SMILES string of the molecule is [CH2]CCCC(C)C(=O)[Si](C)(c1ccccc1)c1ccccc1. The topological polar surface area (TPSA) is 17.1 Å². The Bertz CT molecular complexity index is 552. The minimum Gasteiger partial charge on any atom is -0.304 e. The van der Waals surface area contributed by atoms with Crippen LogP contribution in [0.1, 0.15) is 26.2 Å². The fourth-order valence-corrected chi connectivity index (χ4v) is 6.82. The number of unbranched alkanes of at least 4 members (excludes halogenated alkanes) is 1. The highest BCUT2D eigenvalue weighted by molar-refractivity contribution is 7.22. The summed E-state index contributed by atoms with van der Waals surface area (Å²) in [5, 5.41) is 2.83. The second-order valence-electron chi connectivity index (χ2n) is 6.12. The molecular formula is C20H25OSi. The summed E-state index contributed by atoms with van der Waals surface area (Å²) in [6, 6.07) is 20.6. The van der Waals surface area contributed by atoms with E-state index < -0.39 is 8.07 Å². The zero-order valence-electron chi connectivity index (χ0n) is 13.6. The van der Waals surface area contributed by atoms with Crippen molar-refractivity contribution in [3.8, 4) is 0 Å². The van der Waals surface area contributed by atoms with Gasteiger partial charge in [0.1, 0.15) is 5.41 Å². The lowest BCUT2D eigenvalue weighted by molar-refractivity contribution is -0.115. The summed E-state index contributed by atoms with van der Waals surface area (Å²) in [6.45, 7) is 8.17. The van der Waals surface area contributed by atoms with Gasteiger partial charge in [0.25, 0.3) is 0 Å². The van der Waals surface area contributed by atoms with Gasteiger partial charge in [0, 0.05) is 5.92 Å². The minimum atomic E-state index is -2.38. The van der Waals surface area contributed by atoms with E-state index in [1.807, 2.05) is 36.4 Å². The lowest BCUT2D eigenvalue weighted by atomic mass is 10.1. The average molecular weight is 310 g/mol. The molecule has 1 unspecified atom stereocenters. The van der Waals surface area contributed by atoms with Crippen molar-refractivity contribution in [2.45, 2.75) is 32.7 Å². The lowest BCUT2D eigenvalue weighted by Crippen LogP contribution is -2.63. The minimum absolute atomic E-state index is 0.0961. The Morgan fingerprint density at radius 3 is 1.86 bits per heavy atom. The highest BCUT2D eigenvalue weighted by atomic mass is 28.3. The van der Waals surface area contributed by atoms with Gasteiger partial charge in [0.05, 0.1) is 0 Å². The third-order valence-electron chi connectivity index (χ3n) is 4.53. The van der Waals surface area contributed by atoms with E-state index in [1.165, 1.54) is 10.4 Å². The van der Waals surface area contributed by atoms with Gasteiger partial charge in [-0.25, -0.2) is 0 Å². The van der Waals surface area contributed by atoms with Gasteiger partial charge in [-0.05, 0) is 16.8 Å². The molecule has 2 aromatic carbocycles. The third-order valence-corrected chi connectivity index (χ3v) is 8.98. The highest BCUT2D eigenvalue weighted by Crippen LogP contribution is 2.17. The molecule has 0 saturated carbocycles. The van der Waals surface area contributed by atoms with E-state index in [4.69, 9.17) is 0 Å². The maximum atomic E-state index is 13.3. The number of benzene rings is 2. The van der Waals surface area contributed by atoms with Gasteiger partial charge in [0.2, 0.25) is 0 Å². The molecule has 0 saturated heterocycles. The predicted molar refractivity (Wildman–Crippen MR) is 97.1 cm³/mol. The first-order valence-corrected chi connectivity index (χ1v) is 10.5. The van der Waals surface area contributed by atoms with Gasteiger partial charge >= 0.3 is 0 Å². The molecule has 2 rings (SSSR count). The summed E-state index contributed by atoms with van der Waals surface area (Å²) >= 11 is 0. The second kappa shape index (κ2) is 7.55. The van der Waals surface area contributed by atoms with E-state index in [2.05, 4.69) is 44.7 Å². The Kier molecular flexibility index (Phi) is 5.73. The molecule has 1 radical (unpaired) electrons. The molecule has 0 aliphatic carbocycles. The molecule has 22 heavy (non-hydrogen) atoms. The molecule has 0 aromatic heterocycles. The quantitative estimate of drug-likeness (QED) is 0.714. The molecule has 0 spiro atoms. The van der Waals surface area contributed by atoms with Crippen molar-refractivity contribution < 1.29 is 4.79 Å². The van der Waals surface area contributed by atoms with Crippen LogP contribution in [-0.2, 0) is 4.79 Å². The normalized spacial score (nSPS) is 12.9. The Morgan fingerprint density at radius 2 is 1.45 bits per heavy atom. The van der Waals surface area contributed by atoms with Crippen molar-refractivity contribution in [2.24, 2.45) is 5.92 Å². The molecule has 0 N–H and O–H groups in total. The number of carbonyl (C=O) groups excluding carboxylic acids is 1. The van der Waals surface area contributed by atoms with Gasteiger partial charge < -0.3 is 4.79 Å². The van der Waals surface area contributed by atoms with Crippen LogP contribution < -0.4 is 10.4 Å². The Balaban J connectivity index is 2.45. The van der Waals surface area contributed by atoms with Crippen molar-refractivity contribution in [3.63, 3.8) is 0 Å². The van der Waals surface area contributed by atoms with Crippen LogP contribution in [0.5, 0.6) is 0 Å². The number of hydrogen-bond acceptors (Lipinski definition) is 1. The van der Waals surface area contributed by atoms with Crippen molar-refractivity contribution in [3.05, 3.63) is 67.6 Å². The van der Waals surface area contributed by atoms with E-state index in [0.717, 1.165) is 19.3 Å². The molecular weight excluding hydrogens is 284 g/mol. The van der Waals surface area contributed by atoms with Crippen LogP contribution in [0.15, 0.2) is 60.7 Å². The maximum Gasteiger partial charge on any atom is 0.190 e. The van der Waals surface area contributed by atoms with Gasteiger partial charge in [-0.2, -0.15) is 0 Å². The number of carbonyl (C=O) groups is 1. The first-order valence-electron chi connectivity index (χ1n) is 8.05. The van der Waals surface area contributed by atoms with E-state index in [-0.39, 0.29) is 5.92 Å². The van der Waals surface area contributed by atoms with Crippen LogP contribution in [0.25, 0.3) is 0 Å². The van der Waals surface area contributed by atoms with Crippen molar-refractivity contribution in [2.75, 3.05) is 0 Å². The van der Waals surface area contributed by atoms with Crippen LogP contribution in [-0.4, -0.2) is 13.5 Å². The molecule has 2 heteroatoms. The van der Waals surface area contributed by atoms with Gasteiger partial charge in [-0.15, -0.1) is 0 Å². The van der Waals surface area contributed by atoms with Gasteiger partial charge in [-0.3, -0.25) is 0 Å². The Labute approximate surface area is 135 Å². The molecule has 115 valence electrons. The van der Waals surface area contributed by atoms with Crippen LogP contribution in [0.4, 0.5) is 0 Å².